The predicted octanol–water partition coefficient (Wildman–Crippen LogP) is 2.25. The van der Waals surface area contributed by atoms with Crippen molar-refractivity contribution in [2.24, 2.45) is 11.8 Å². The number of nitrogens with zero attached hydrogens (tertiary/aromatic N) is 3. The molecule has 3 heterocycles. The third-order valence-corrected chi connectivity index (χ3v) is 6.38. The van der Waals surface area contributed by atoms with E-state index in [-0.39, 0.29) is 12.5 Å². The van der Waals surface area contributed by atoms with E-state index in [1.165, 1.54) is 11.1 Å². The standard InChI is InChI=1S/C23H32N4O2/c1-16(2)18-7-8-22-25-21(15-27(22)13-18)23(29)24-11-20(28)14-26-10-9-17-5-3-4-6-19(17)12-26/h3-6,15-16,18,20,28H,7-14H2,1-2H3,(H,24,29). The zero-order valence-electron chi connectivity index (χ0n) is 17.5. The minimum atomic E-state index is -0.591. The highest BCUT2D eigenvalue weighted by Gasteiger charge is 2.24. The summed E-state index contributed by atoms with van der Waals surface area (Å²) < 4.78 is 2.13. The lowest BCUT2D eigenvalue weighted by atomic mass is 9.89. The van der Waals surface area contributed by atoms with Crippen molar-refractivity contribution < 1.29 is 9.90 Å². The smallest absolute Gasteiger partial charge is 0.271 e. The van der Waals surface area contributed by atoms with Crippen LogP contribution in [0, 0.1) is 11.8 Å². The van der Waals surface area contributed by atoms with Gasteiger partial charge in [0.05, 0.1) is 6.10 Å². The first-order valence-electron chi connectivity index (χ1n) is 10.8. The molecule has 2 aromatic rings. The number of aryl methyl sites for hydroxylation is 1. The van der Waals surface area contributed by atoms with Crippen molar-refractivity contribution in [3.05, 3.63) is 53.1 Å². The molecular formula is C23H32N4O2. The number of carbonyl (C=O) groups is 1. The fourth-order valence-corrected chi connectivity index (χ4v) is 4.50. The quantitative estimate of drug-likeness (QED) is 0.786. The van der Waals surface area contributed by atoms with Crippen LogP contribution < -0.4 is 5.32 Å². The van der Waals surface area contributed by atoms with Gasteiger partial charge in [0.25, 0.3) is 5.91 Å². The summed E-state index contributed by atoms with van der Waals surface area (Å²) in [5.74, 6) is 2.08. The predicted molar refractivity (Wildman–Crippen MR) is 113 cm³/mol. The zero-order chi connectivity index (χ0) is 20.4. The minimum Gasteiger partial charge on any atom is -0.390 e. The van der Waals surface area contributed by atoms with Crippen LogP contribution in [0.1, 0.15) is 47.7 Å². The van der Waals surface area contributed by atoms with Gasteiger partial charge >= 0.3 is 0 Å². The second kappa shape index (κ2) is 8.67. The largest absolute Gasteiger partial charge is 0.390 e. The van der Waals surface area contributed by atoms with Crippen LogP contribution in [0.15, 0.2) is 30.5 Å². The summed E-state index contributed by atoms with van der Waals surface area (Å²) in [6, 6.07) is 8.47. The third kappa shape index (κ3) is 4.70. The van der Waals surface area contributed by atoms with E-state index in [9.17, 15) is 9.90 Å². The van der Waals surface area contributed by atoms with Crippen LogP contribution in [0.2, 0.25) is 0 Å². The van der Waals surface area contributed by atoms with Crippen LogP contribution in [-0.4, -0.2) is 51.2 Å². The molecule has 1 aromatic carbocycles. The normalized spacial score (nSPS) is 20.2. The number of aliphatic hydroxyl groups excluding tert-OH is 1. The number of imidazole rings is 1. The molecule has 29 heavy (non-hydrogen) atoms. The highest BCUT2D eigenvalue weighted by atomic mass is 16.3. The van der Waals surface area contributed by atoms with Gasteiger partial charge in [0.1, 0.15) is 11.5 Å². The second-order valence-corrected chi connectivity index (χ2v) is 8.86. The first-order chi connectivity index (χ1) is 14.0. The van der Waals surface area contributed by atoms with Crippen LogP contribution >= 0.6 is 0 Å². The van der Waals surface area contributed by atoms with E-state index in [1.54, 1.807) is 0 Å². The number of amides is 1. The number of rotatable bonds is 6. The summed E-state index contributed by atoms with van der Waals surface area (Å²) in [6.45, 7) is 8.04. The fraction of sp³-hybridized carbons (Fsp3) is 0.565. The average Bonchev–Trinajstić information content (AvgIpc) is 3.15. The van der Waals surface area contributed by atoms with Gasteiger partial charge in [-0.2, -0.15) is 0 Å². The Hall–Kier alpha value is -2.18. The van der Waals surface area contributed by atoms with Crippen LogP contribution in [0.25, 0.3) is 0 Å². The summed E-state index contributed by atoms with van der Waals surface area (Å²) in [5, 5.41) is 13.3. The molecule has 2 atom stereocenters. The van der Waals surface area contributed by atoms with Crippen molar-refractivity contribution in [3.63, 3.8) is 0 Å². The lowest BCUT2D eigenvalue weighted by Crippen LogP contribution is -2.42. The Morgan fingerprint density at radius 1 is 1.28 bits per heavy atom. The Bertz CT molecular complexity index is 860. The number of hydrogen-bond acceptors (Lipinski definition) is 4. The van der Waals surface area contributed by atoms with Crippen molar-refractivity contribution in [2.45, 2.75) is 52.3 Å². The lowest BCUT2D eigenvalue weighted by Gasteiger charge is -2.30. The lowest BCUT2D eigenvalue weighted by molar-refractivity contribution is 0.0838. The average molecular weight is 397 g/mol. The Kier molecular flexibility index (Phi) is 6.01. The van der Waals surface area contributed by atoms with Gasteiger partial charge in [0.2, 0.25) is 0 Å². The molecule has 0 saturated heterocycles. The molecule has 4 rings (SSSR count). The molecule has 0 fully saturated rings. The van der Waals surface area contributed by atoms with Gasteiger partial charge in [-0.3, -0.25) is 9.69 Å². The van der Waals surface area contributed by atoms with Crippen molar-refractivity contribution in [1.29, 1.82) is 0 Å². The van der Waals surface area contributed by atoms with Gasteiger partial charge in [0.15, 0.2) is 0 Å². The van der Waals surface area contributed by atoms with E-state index in [0.29, 0.717) is 24.1 Å². The SMILES string of the molecule is CC(C)C1CCc2nc(C(=O)NCC(O)CN3CCc4ccccc4C3)cn2C1. The van der Waals surface area contributed by atoms with E-state index >= 15 is 0 Å². The molecule has 6 heteroatoms. The van der Waals surface area contributed by atoms with Gasteiger partial charge in [0, 0.05) is 45.3 Å². The van der Waals surface area contributed by atoms with Gasteiger partial charge in [-0.15, -0.1) is 0 Å². The third-order valence-electron chi connectivity index (χ3n) is 6.38. The maximum atomic E-state index is 12.5. The highest BCUT2D eigenvalue weighted by molar-refractivity contribution is 5.92. The maximum Gasteiger partial charge on any atom is 0.271 e. The summed E-state index contributed by atoms with van der Waals surface area (Å²) >= 11 is 0. The Balaban J connectivity index is 1.27. The van der Waals surface area contributed by atoms with E-state index in [2.05, 4.69) is 57.9 Å². The van der Waals surface area contributed by atoms with Crippen molar-refractivity contribution in [3.8, 4) is 0 Å². The maximum absolute atomic E-state index is 12.5. The molecule has 0 bridgehead atoms. The van der Waals surface area contributed by atoms with Gasteiger partial charge in [-0.1, -0.05) is 38.1 Å². The molecule has 2 aliphatic rings. The van der Waals surface area contributed by atoms with Crippen LogP contribution in [0.5, 0.6) is 0 Å². The summed E-state index contributed by atoms with van der Waals surface area (Å²) in [7, 11) is 0. The summed E-state index contributed by atoms with van der Waals surface area (Å²) in [5.41, 5.74) is 3.19. The van der Waals surface area contributed by atoms with Crippen molar-refractivity contribution in [2.75, 3.05) is 19.6 Å². The number of fused-ring (bicyclic) bond motifs is 2. The molecule has 156 valence electrons. The molecule has 2 aliphatic heterocycles. The molecule has 0 aliphatic carbocycles. The molecule has 1 amide bonds. The zero-order valence-corrected chi connectivity index (χ0v) is 17.5. The molecule has 2 unspecified atom stereocenters. The Morgan fingerprint density at radius 2 is 2.07 bits per heavy atom. The number of aliphatic hydroxyl groups is 1. The van der Waals surface area contributed by atoms with E-state index < -0.39 is 6.10 Å². The second-order valence-electron chi connectivity index (χ2n) is 8.86. The van der Waals surface area contributed by atoms with E-state index in [4.69, 9.17) is 0 Å². The summed E-state index contributed by atoms with van der Waals surface area (Å²) in [6.07, 6.45) is 4.34. The topological polar surface area (TPSA) is 70.4 Å². The molecule has 0 spiro atoms. The molecule has 0 radical (unpaired) electrons. The number of hydrogen-bond donors (Lipinski definition) is 2. The number of carbonyl (C=O) groups excluding carboxylic acids is 1. The Morgan fingerprint density at radius 3 is 2.86 bits per heavy atom. The monoisotopic (exact) mass is 396 g/mol. The van der Waals surface area contributed by atoms with Crippen LogP contribution in [-0.2, 0) is 25.9 Å². The van der Waals surface area contributed by atoms with Gasteiger partial charge < -0.3 is 15.0 Å². The number of aromatic nitrogens is 2. The first kappa shape index (κ1) is 20.1. The number of benzene rings is 1. The van der Waals surface area contributed by atoms with Crippen molar-refractivity contribution >= 4 is 5.91 Å². The molecule has 1 aromatic heterocycles. The highest BCUT2D eigenvalue weighted by Crippen LogP contribution is 2.25. The minimum absolute atomic E-state index is 0.198. The molecule has 0 saturated carbocycles. The van der Waals surface area contributed by atoms with Gasteiger partial charge in [-0.25, -0.2) is 4.98 Å². The van der Waals surface area contributed by atoms with E-state index in [1.807, 2.05) is 6.20 Å². The van der Waals surface area contributed by atoms with Crippen LogP contribution in [0.4, 0.5) is 0 Å². The number of β-amino-alcohol motifs (C(OH)–C–C–N with tert-alkyl or cyclic N) is 1. The first-order valence-corrected chi connectivity index (χ1v) is 10.8. The van der Waals surface area contributed by atoms with Gasteiger partial charge in [-0.05, 0) is 35.8 Å². The van der Waals surface area contributed by atoms with E-state index in [0.717, 1.165) is 44.7 Å². The molecule has 6 nitrogen and oxygen atoms in total. The Labute approximate surface area is 172 Å². The number of nitrogens with one attached hydrogen (secondary N) is 1. The molecular weight excluding hydrogens is 364 g/mol. The van der Waals surface area contributed by atoms with Crippen LogP contribution in [0.3, 0.4) is 0 Å². The summed E-state index contributed by atoms with van der Waals surface area (Å²) in [4.78, 5) is 19.3. The molecule has 2 N–H and O–H groups in total. The van der Waals surface area contributed by atoms with Crippen molar-refractivity contribution in [1.82, 2.24) is 19.8 Å². The fourth-order valence-electron chi connectivity index (χ4n) is 4.50.